The molecule has 1 aromatic heterocycles. The van der Waals surface area contributed by atoms with Crippen molar-refractivity contribution in [2.45, 2.75) is 85.0 Å². The highest BCUT2D eigenvalue weighted by Gasteiger charge is 2.58. The summed E-state index contributed by atoms with van der Waals surface area (Å²) in [4.78, 5) is 0. The fourth-order valence-electron chi connectivity index (χ4n) is 8.15. The van der Waals surface area contributed by atoms with Crippen LogP contribution in [-0.4, -0.2) is 21.7 Å². The summed E-state index contributed by atoms with van der Waals surface area (Å²) in [5, 5.41) is 13.7. The van der Waals surface area contributed by atoms with Crippen LogP contribution in [0.1, 0.15) is 89.3 Å². The largest absolute Gasteiger partial charge is 0.275 e. The summed E-state index contributed by atoms with van der Waals surface area (Å²) in [5.41, 5.74) is 4.36. The monoisotopic (exact) mass is 394 g/mol. The van der Waals surface area contributed by atoms with Crippen LogP contribution in [0.2, 0.25) is 0 Å². The third-order valence-corrected chi connectivity index (χ3v) is 9.75. The normalized spacial score (nSPS) is 43.4. The molecule has 0 bridgehead atoms. The highest BCUT2D eigenvalue weighted by molar-refractivity contribution is 5.93. The predicted molar refractivity (Wildman–Crippen MR) is 119 cm³/mol. The first kappa shape index (κ1) is 19.5. The molecule has 1 heterocycles. The van der Waals surface area contributed by atoms with Crippen molar-refractivity contribution in [3.8, 4) is 0 Å². The van der Waals surface area contributed by atoms with E-state index in [4.69, 9.17) is 5.10 Å². The van der Waals surface area contributed by atoms with Crippen LogP contribution in [0.3, 0.4) is 0 Å². The molecule has 4 heteroatoms. The van der Waals surface area contributed by atoms with Crippen LogP contribution < -0.4 is 0 Å². The minimum Gasteiger partial charge on any atom is -0.275 e. The fourth-order valence-corrected chi connectivity index (χ4v) is 8.15. The molecule has 6 atom stereocenters. The third-order valence-electron chi connectivity index (χ3n) is 9.75. The maximum absolute atomic E-state index is 4.81. The lowest BCUT2D eigenvalue weighted by Crippen LogP contribution is -2.52. The number of aryl methyl sites for hydroxylation is 2. The summed E-state index contributed by atoms with van der Waals surface area (Å²) in [5.74, 6) is 3.71. The minimum absolute atomic E-state index is 0.278. The Hall–Kier alpha value is -1.45. The quantitative estimate of drug-likeness (QED) is 0.452. The van der Waals surface area contributed by atoms with Gasteiger partial charge in [0.2, 0.25) is 0 Å². The number of fused-ring (bicyclic) bond motifs is 5. The average Bonchev–Trinajstić information content (AvgIpc) is 3.19. The molecule has 4 aliphatic rings. The van der Waals surface area contributed by atoms with Crippen LogP contribution in [0.4, 0.5) is 0 Å². The molecule has 0 unspecified atom stereocenters. The third kappa shape index (κ3) is 3.04. The second-order valence-electron chi connectivity index (χ2n) is 11.0. The van der Waals surface area contributed by atoms with Crippen LogP contribution in [-0.2, 0) is 7.05 Å². The van der Waals surface area contributed by atoms with Gasteiger partial charge in [-0.2, -0.15) is 15.3 Å². The summed E-state index contributed by atoms with van der Waals surface area (Å²) in [6.45, 7) is 7.21. The highest BCUT2D eigenvalue weighted by Crippen LogP contribution is 2.65. The van der Waals surface area contributed by atoms with Gasteiger partial charge in [-0.1, -0.05) is 26.7 Å². The molecule has 0 amide bonds. The smallest absolute Gasteiger partial charge is 0.0682 e. The van der Waals surface area contributed by atoms with Gasteiger partial charge in [0.15, 0.2) is 0 Å². The molecule has 4 aliphatic carbocycles. The molecule has 0 aromatic carbocycles. The molecule has 4 fully saturated rings. The molecular weight excluding hydrogens is 356 g/mol. The van der Waals surface area contributed by atoms with Gasteiger partial charge in [-0.3, -0.25) is 4.68 Å². The van der Waals surface area contributed by atoms with E-state index in [2.05, 4.69) is 24.0 Å². The molecule has 5 rings (SSSR count). The fraction of sp³-hybridized carbons (Fsp3) is 0.800. The molecule has 0 N–H and O–H groups in total. The predicted octanol–water partition coefficient (Wildman–Crippen LogP) is 5.94. The molecule has 0 spiro atoms. The Kier molecular flexibility index (Phi) is 4.75. The lowest BCUT2D eigenvalue weighted by molar-refractivity contribution is -0.0936. The number of hydrogen-bond acceptors (Lipinski definition) is 3. The maximum atomic E-state index is 4.81. The van der Waals surface area contributed by atoms with Crippen LogP contribution in [0.25, 0.3) is 0 Å². The van der Waals surface area contributed by atoms with Crippen LogP contribution >= 0.6 is 0 Å². The molecule has 29 heavy (non-hydrogen) atoms. The van der Waals surface area contributed by atoms with Gasteiger partial charge in [-0.15, -0.1) is 0 Å². The van der Waals surface area contributed by atoms with E-state index >= 15 is 0 Å². The zero-order chi connectivity index (χ0) is 20.2. The van der Waals surface area contributed by atoms with Gasteiger partial charge in [0.1, 0.15) is 0 Å². The lowest BCUT2D eigenvalue weighted by Gasteiger charge is -2.59. The molecule has 0 aliphatic heterocycles. The van der Waals surface area contributed by atoms with E-state index in [0.29, 0.717) is 5.41 Å². The Morgan fingerprint density at radius 1 is 1.07 bits per heavy atom. The van der Waals surface area contributed by atoms with E-state index in [9.17, 15) is 0 Å². The Morgan fingerprint density at radius 3 is 2.72 bits per heavy atom. The van der Waals surface area contributed by atoms with Crippen LogP contribution in [0.5, 0.6) is 0 Å². The van der Waals surface area contributed by atoms with E-state index in [-0.39, 0.29) is 5.41 Å². The first-order valence-corrected chi connectivity index (χ1v) is 12.0. The second-order valence-corrected chi connectivity index (χ2v) is 11.0. The first-order chi connectivity index (χ1) is 13.9. The average molecular weight is 395 g/mol. The van der Waals surface area contributed by atoms with Crippen molar-refractivity contribution in [3.05, 3.63) is 17.5 Å². The number of nitrogens with zero attached hydrogens (tertiary/aromatic N) is 4. The lowest BCUT2D eigenvalue weighted by atomic mass is 9.45. The van der Waals surface area contributed by atoms with E-state index in [1.165, 1.54) is 63.5 Å². The summed E-state index contributed by atoms with van der Waals surface area (Å²) in [6, 6.07) is 0. The number of aromatic nitrogens is 2. The standard InChI is InChI=1S/C25H38N4/c1-17-18(16-29(4)28-17)15-26-27-23-11-10-21-20-9-8-19-7-5-6-13-24(19,2)22(20)12-14-25(21,23)3/h15-16,19-22H,5-14H2,1-4H3/b26-15-,27-23+/t19-,20-,21-,22-,24+,25+/m1/s1. The van der Waals surface area contributed by atoms with Crippen molar-refractivity contribution in [2.75, 3.05) is 0 Å². The molecule has 158 valence electrons. The van der Waals surface area contributed by atoms with Gasteiger partial charge in [0.25, 0.3) is 0 Å². The molecule has 1 aromatic rings. The van der Waals surface area contributed by atoms with Crippen molar-refractivity contribution in [2.24, 2.45) is 51.8 Å². The second kappa shape index (κ2) is 7.06. The molecular formula is C25H38N4. The van der Waals surface area contributed by atoms with Crippen molar-refractivity contribution in [1.82, 2.24) is 9.78 Å². The van der Waals surface area contributed by atoms with E-state index in [0.717, 1.165) is 41.3 Å². The van der Waals surface area contributed by atoms with E-state index in [1.54, 1.807) is 0 Å². The highest BCUT2D eigenvalue weighted by atomic mass is 15.3. The summed E-state index contributed by atoms with van der Waals surface area (Å²) in [7, 11) is 1.96. The van der Waals surface area contributed by atoms with E-state index < -0.39 is 0 Å². The van der Waals surface area contributed by atoms with Crippen molar-refractivity contribution >= 4 is 11.9 Å². The summed E-state index contributed by atoms with van der Waals surface area (Å²) in [6.07, 6.45) is 18.0. The summed E-state index contributed by atoms with van der Waals surface area (Å²) < 4.78 is 1.85. The topological polar surface area (TPSA) is 42.5 Å². The molecule has 4 nitrogen and oxygen atoms in total. The van der Waals surface area contributed by atoms with Gasteiger partial charge >= 0.3 is 0 Å². The van der Waals surface area contributed by atoms with Crippen LogP contribution in [0, 0.1) is 41.4 Å². The molecule has 0 radical (unpaired) electrons. The molecule has 4 saturated carbocycles. The maximum Gasteiger partial charge on any atom is 0.0682 e. The zero-order valence-electron chi connectivity index (χ0n) is 18.8. The van der Waals surface area contributed by atoms with Crippen molar-refractivity contribution in [3.63, 3.8) is 0 Å². The summed E-state index contributed by atoms with van der Waals surface area (Å²) >= 11 is 0. The Bertz CT molecular complexity index is 836. The van der Waals surface area contributed by atoms with Gasteiger partial charge < -0.3 is 0 Å². The first-order valence-electron chi connectivity index (χ1n) is 12.0. The number of rotatable bonds is 2. The van der Waals surface area contributed by atoms with Crippen molar-refractivity contribution in [1.29, 1.82) is 0 Å². The van der Waals surface area contributed by atoms with Gasteiger partial charge in [-0.25, -0.2) is 0 Å². The van der Waals surface area contributed by atoms with E-state index in [1.807, 2.05) is 31.1 Å². The number of hydrogen-bond donors (Lipinski definition) is 0. The SMILES string of the molecule is Cc1nn(C)cc1/C=N\N=C1/CC[C@@H]2[C@H]3CC[C@H]4CCCC[C@]4(C)[C@@H]3CC[C@]12C. The Morgan fingerprint density at radius 2 is 1.93 bits per heavy atom. The Labute approximate surface area is 176 Å². The van der Waals surface area contributed by atoms with Gasteiger partial charge in [0.05, 0.1) is 11.9 Å². The van der Waals surface area contributed by atoms with Gasteiger partial charge in [-0.05, 0) is 87.4 Å². The zero-order valence-corrected chi connectivity index (χ0v) is 18.8. The van der Waals surface area contributed by atoms with Gasteiger partial charge in [0, 0.05) is 29.9 Å². The minimum atomic E-state index is 0.278. The molecule has 0 saturated heterocycles. The van der Waals surface area contributed by atoms with Crippen LogP contribution in [0.15, 0.2) is 16.4 Å². The van der Waals surface area contributed by atoms with Crippen molar-refractivity contribution < 1.29 is 0 Å². The Balaban J connectivity index is 1.37.